The van der Waals surface area contributed by atoms with Crippen molar-refractivity contribution < 1.29 is 4.79 Å². The van der Waals surface area contributed by atoms with Crippen LogP contribution in [0.3, 0.4) is 0 Å². The van der Waals surface area contributed by atoms with Crippen LogP contribution in [0.1, 0.15) is 28.8 Å². The molecule has 0 radical (unpaired) electrons. The van der Waals surface area contributed by atoms with E-state index in [1.54, 1.807) is 22.7 Å². The number of carbonyl (C=O) groups excluding carboxylic acids is 1. The first kappa shape index (κ1) is 14.8. The molecule has 0 spiro atoms. The highest BCUT2D eigenvalue weighted by molar-refractivity contribution is 7.08. The molecule has 0 saturated carbocycles. The first-order valence-electron chi connectivity index (χ1n) is 7.35. The van der Waals surface area contributed by atoms with Crippen LogP contribution in [-0.2, 0) is 6.54 Å². The molecule has 5 heteroatoms. The van der Waals surface area contributed by atoms with Crippen molar-refractivity contribution in [1.29, 1.82) is 0 Å². The smallest absolute Gasteiger partial charge is 0.252 e. The van der Waals surface area contributed by atoms with Gasteiger partial charge in [0.05, 0.1) is 0 Å². The lowest BCUT2D eigenvalue weighted by molar-refractivity contribution is 0.0935. The van der Waals surface area contributed by atoms with E-state index in [4.69, 9.17) is 0 Å². The van der Waals surface area contributed by atoms with E-state index in [0.717, 1.165) is 31.7 Å². The highest BCUT2D eigenvalue weighted by atomic mass is 32.1. The summed E-state index contributed by atoms with van der Waals surface area (Å²) < 4.78 is 0. The summed E-state index contributed by atoms with van der Waals surface area (Å²) in [6.07, 6.45) is 2.35. The Bertz CT molecular complexity index is 543. The molecule has 1 amide bonds. The van der Waals surface area contributed by atoms with E-state index in [1.807, 2.05) is 16.8 Å². The van der Waals surface area contributed by atoms with Gasteiger partial charge >= 0.3 is 0 Å². The van der Waals surface area contributed by atoms with Crippen molar-refractivity contribution in [3.63, 3.8) is 0 Å². The van der Waals surface area contributed by atoms with E-state index < -0.39 is 0 Å². The topological polar surface area (TPSA) is 32.3 Å². The van der Waals surface area contributed by atoms with E-state index in [1.165, 1.54) is 18.4 Å². The van der Waals surface area contributed by atoms with Gasteiger partial charge in [-0.05, 0) is 65.7 Å². The number of amides is 1. The Morgan fingerprint density at radius 2 is 1.95 bits per heavy atom. The predicted molar refractivity (Wildman–Crippen MR) is 89.0 cm³/mol. The molecule has 0 atom stereocenters. The number of carbonyl (C=O) groups is 1. The third-order valence-electron chi connectivity index (χ3n) is 4.03. The fourth-order valence-corrected chi connectivity index (χ4v) is 4.02. The molecule has 0 bridgehead atoms. The van der Waals surface area contributed by atoms with Crippen molar-refractivity contribution in [2.24, 2.45) is 5.92 Å². The second kappa shape index (κ2) is 7.20. The van der Waals surface area contributed by atoms with Crippen LogP contribution in [0.25, 0.3) is 0 Å². The Morgan fingerprint density at radius 1 is 1.19 bits per heavy atom. The monoisotopic (exact) mass is 320 g/mol. The van der Waals surface area contributed by atoms with Gasteiger partial charge in [-0.3, -0.25) is 9.69 Å². The first-order valence-corrected chi connectivity index (χ1v) is 9.23. The quantitative estimate of drug-likeness (QED) is 0.915. The number of thiophene rings is 2. The highest BCUT2D eigenvalue weighted by Gasteiger charge is 2.20. The number of rotatable bonds is 5. The van der Waals surface area contributed by atoms with E-state index in [-0.39, 0.29) is 5.91 Å². The average molecular weight is 320 g/mol. The van der Waals surface area contributed by atoms with Crippen LogP contribution in [0.15, 0.2) is 33.7 Å². The van der Waals surface area contributed by atoms with E-state index in [0.29, 0.717) is 5.92 Å². The van der Waals surface area contributed by atoms with Crippen molar-refractivity contribution in [2.75, 3.05) is 19.6 Å². The normalized spacial score (nSPS) is 17.0. The third-order valence-corrected chi connectivity index (χ3v) is 5.44. The summed E-state index contributed by atoms with van der Waals surface area (Å²) in [6, 6.07) is 4.08. The zero-order valence-corrected chi connectivity index (χ0v) is 13.6. The molecule has 2 aromatic rings. The molecule has 3 heterocycles. The van der Waals surface area contributed by atoms with E-state index in [9.17, 15) is 4.79 Å². The van der Waals surface area contributed by atoms with Gasteiger partial charge in [-0.1, -0.05) is 0 Å². The lowest BCUT2D eigenvalue weighted by Gasteiger charge is -2.31. The van der Waals surface area contributed by atoms with Gasteiger partial charge in [0.15, 0.2) is 0 Å². The Kier molecular flexibility index (Phi) is 5.06. The number of likely N-dealkylation sites (tertiary alicyclic amines) is 1. The Balaban J connectivity index is 1.39. The van der Waals surface area contributed by atoms with Crippen LogP contribution >= 0.6 is 22.7 Å². The van der Waals surface area contributed by atoms with Crippen LogP contribution in [-0.4, -0.2) is 30.4 Å². The van der Waals surface area contributed by atoms with Gasteiger partial charge in [-0.25, -0.2) is 0 Å². The van der Waals surface area contributed by atoms with Gasteiger partial charge < -0.3 is 5.32 Å². The van der Waals surface area contributed by atoms with Gasteiger partial charge in [0, 0.05) is 24.0 Å². The number of hydrogen-bond donors (Lipinski definition) is 1. The van der Waals surface area contributed by atoms with Gasteiger partial charge in [-0.2, -0.15) is 22.7 Å². The molecule has 1 N–H and O–H groups in total. The summed E-state index contributed by atoms with van der Waals surface area (Å²) in [6.45, 7) is 4.14. The Labute approximate surface area is 133 Å². The minimum atomic E-state index is 0.0666. The summed E-state index contributed by atoms with van der Waals surface area (Å²) >= 11 is 3.33. The maximum Gasteiger partial charge on any atom is 0.252 e. The van der Waals surface area contributed by atoms with Crippen LogP contribution < -0.4 is 5.32 Å². The van der Waals surface area contributed by atoms with Crippen LogP contribution in [0.2, 0.25) is 0 Å². The van der Waals surface area contributed by atoms with Crippen molar-refractivity contribution in [2.45, 2.75) is 19.4 Å². The lowest BCUT2D eigenvalue weighted by atomic mass is 9.96. The van der Waals surface area contributed by atoms with Gasteiger partial charge in [-0.15, -0.1) is 0 Å². The summed E-state index contributed by atoms with van der Waals surface area (Å²) in [4.78, 5) is 14.4. The molecular weight excluding hydrogens is 300 g/mol. The summed E-state index contributed by atoms with van der Waals surface area (Å²) in [5.74, 6) is 0.684. The van der Waals surface area contributed by atoms with Gasteiger partial charge in [0.25, 0.3) is 5.91 Å². The van der Waals surface area contributed by atoms with Gasteiger partial charge in [0.1, 0.15) is 0 Å². The molecule has 0 unspecified atom stereocenters. The minimum absolute atomic E-state index is 0.0666. The lowest BCUT2D eigenvalue weighted by Crippen LogP contribution is -2.38. The van der Waals surface area contributed by atoms with Crippen molar-refractivity contribution >= 4 is 28.6 Å². The van der Waals surface area contributed by atoms with Crippen LogP contribution in [0.4, 0.5) is 0 Å². The molecule has 3 nitrogen and oxygen atoms in total. The molecule has 0 aromatic carbocycles. The Morgan fingerprint density at radius 3 is 2.62 bits per heavy atom. The molecule has 3 rings (SSSR count). The number of nitrogens with zero attached hydrogens (tertiary/aromatic N) is 1. The minimum Gasteiger partial charge on any atom is -0.352 e. The van der Waals surface area contributed by atoms with Crippen LogP contribution in [0.5, 0.6) is 0 Å². The molecular formula is C16H20N2OS2. The molecule has 1 saturated heterocycles. The highest BCUT2D eigenvalue weighted by Crippen LogP contribution is 2.19. The molecule has 1 aliphatic heterocycles. The second-order valence-electron chi connectivity index (χ2n) is 5.57. The predicted octanol–water partition coefficient (Wildman–Crippen LogP) is 3.45. The van der Waals surface area contributed by atoms with E-state index >= 15 is 0 Å². The number of piperidine rings is 1. The maximum atomic E-state index is 11.9. The van der Waals surface area contributed by atoms with Gasteiger partial charge in [0.2, 0.25) is 0 Å². The molecule has 1 fully saturated rings. The zero-order valence-electron chi connectivity index (χ0n) is 12.0. The summed E-state index contributed by atoms with van der Waals surface area (Å²) in [7, 11) is 0. The number of hydrogen-bond acceptors (Lipinski definition) is 4. The summed E-state index contributed by atoms with van der Waals surface area (Å²) in [5.41, 5.74) is 2.21. The molecule has 0 aliphatic carbocycles. The van der Waals surface area contributed by atoms with Crippen molar-refractivity contribution in [3.05, 3.63) is 44.8 Å². The summed E-state index contributed by atoms with van der Waals surface area (Å²) in [5, 5.41) is 11.3. The first-order chi connectivity index (χ1) is 10.3. The average Bonchev–Trinajstić information content (AvgIpc) is 3.19. The number of nitrogens with one attached hydrogen (secondary N) is 1. The SMILES string of the molecule is O=C(NCC1CCN(Cc2ccsc2)CC1)c1ccsc1. The van der Waals surface area contributed by atoms with E-state index in [2.05, 4.69) is 27.0 Å². The maximum absolute atomic E-state index is 11.9. The fourth-order valence-electron chi connectivity index (χ4n) is 2.72. The molecule has 21 heavy (non-hydrogen) atoms. The Hall–Kier alpha value is -1.17. The molecule has 112 valence electrons. The largest absolute Gasteiger partial charge is 0.352 e. The standard InChI is InChI=1S/C16H20N2OS2/c19-16(15-4-8-21-12-15)17-9-13-1-5-18(6-2-13)10-14-3-7-20-11-14/h3-4,7-8,11-13H,1-2,5-6,9-10H2,(H,17,19). The fraction of sp³-hybridized carbons (Fsp3) is 0.438. The molecule has 1 aliphatic rings. The van der Waals surface area contributed by atoms with Crippen molar-refractivity contribution in [3.8, 4) is 0 Å². The van der Waals surface area contributed by atoms with Crippen LogP contribution in [0, 0.1) is 5.92 Å². The second-order valence-corrected chi connectivity index (χ2v) is 7.13. The third kappa shape index (κ3) is 4.15. The zero-order chi connectivity index (χ0) is 14.5. The molecule has 2 aromatic heterocycles. The van der Waals surface area contributed by atoms with Crippen molar-refractivity contribution in [1.82, 2.24) is 10.2 Å².